The molecule has 870 valence electrons. The van der Waals surface area contributed by atoms with Crippen LogP contribution in [0.1, 0.15) is 397 Å². The monoisotopic (exact) mass is 2080 g/mol. The number of aliphatic hydroxyl groups is 9. The summed E-state index contributed by atoms with van der Waals surface area (Å²) in [6.45, 7) is 111. The number of terminal acetylenes is 3. The number of hydrogen-bond donors (Lipinski definition) is 9. The third-order valence-electron chi connectivity index (χ3n) is 15.1. The van der Waals surface area contributed by atoms with Crippen LogP contribution in [0.4, 0.5) is 0 Å². The van der Waals surface area contributed by atoms with Crippen LogP contribution in [0.3, 0.4) is 0 Å². The quantitative estimate of drug-likeness (QED) is 0.0155. The minimum absolute atomic E-state index is 0.0674. The van der Waals surface area contributed by atoms with E-state index >= 15 is 0 Å². The van der Waals surface area contributed by atoms with Gasteiger partial charge in [-0.25, -0.2) is 0 Å². The summed E-state index contributed by atoms with van der Waals surface area (Å²) in [6, 6.07) is 0. The second-order valence-electron chi connectivity index (χ2n) is 46.1. The van der Waals surface area contributed by atoms with Gasteiger partial charge in [0, 0.05) is 26.7 Å². The molecule has 30 heteroatoms. The molecule has 0 radical (unpaired) electrons. The van der Waals surface area contributed by atoms with E-state index in [1.54, 1.807) is 0 Å². The molecule has 0 aliphatic heterocycles. The first-order chi connectivity index (χ1) is 64.7. The Balaban J connectivity index is -0.000000117. The lowest BCUT2D eigenvalue weighted by molar-refractivity contribution is -0.144. The molecule has 0 bridgehead atoms. The number of esters is 1. The van der Waals surface area contributed by atoms with Crippen LogP contribution in [0.5, 0.6) is 0 Å². The Hall–Kier alpha value is -2.97. The van der Waals surface area contributed by atoms with Gasteiger partial charge in [-0.15, -0.1) is 19.3 Å². The summed E-state index contributed by atoms with van der Waals surface area (Å²) in [5.41, 5.74) is -1.80. The fourth-order valence-electron chi connectivity index (χ4n) is 7.07. The molecular weight excluding hydrogens is 1840 g/mol. The van der Waals surface area contributed by atoms with Crippen molar-refractivity contribution in [2.24, 2.45) is 0 Å². The third-order valence-corrected chi connectivity index (χ3v) is 15.1. The van der Waals surface area contributed by atoms with Crippen LogP contribution in [0.15, 0.2) is 0 Å². The van der Waals surface area contributed by atoms with E-state index in [1.807, 2.05) is 312 Å². The topological polar surface area (TPSA) is 384 Å². The van der Waals surface area contributed by atoms with Crippen molar-refractivity contribution in [2.45, 2.75) is 525 Å². The molecule has 0 aromatic heterocycles. The van der Waals surface area contributed by atoms with Gasteiger partial charge in [0.15, 0.2) is 0 Å². The van der Waals surface area contributed by atoms with Crippen LogP contribution in [0.2, 0.25) is 0 Å². The summed E-state index contributed by atoms with van der Waals surface area (Å²) in [5, 5.41) is 81.2. The van der Waals surface area contributed by atoms with Gasteiger partial charge in [-0.3, -0.25) is 4.79 Å². The molecule has 3 unspecified atom stereocenters. The molecule has 0 amide bonds. The first kappa shape index (κ1) is 168. The van der Waals surface area contributed by atoms with E-state index < -0.39 is 18.3 Å². The van der Waals surface area contributed by atoms with E-state index in [-0.39, 0.29) is 135 Å². The number of aliphatic hydroxyl groups excluding tert-OH is 9. The molecule has 0 rings (SSSR count). The molecule has 9 N–H and O–H groups in total. The number of rotatable bonds is 51. The van der Waals surface area contributed by atoms with E-state index in [2.05, 4.69) is 43.3 Å². The maximum absolute atomic E-state index is 10.3. The Labute approximate surface area is 880 Å². The summed E-state index contributed by atoms with van der Waals surface area (Å²) < 4.78 is 106. The lowest BCUT2D eigenvalue weighted by Gasteiger charge is -2.21. The average molecular weight is 2080 g/mol. The summed E-state index contributed by atoms with van der Waals surface area (Å²) in [7, 11) is 0. The first-order valence-corrected chi connectivity index (χ1v) is 52.1. The Morgan fingerprint density at radius 1 is 0.196 bits per heavy atom. The third kappa shape index (κ3) is 216. The highest BCUT2D eigenvalue weighted by Crippen LogP contribution is 2.16. The molecule has 0 saturated carbocycles. The van der Waals surface area contributed by atoms with Gasteiger partial charge >= 0.3 is 5.97 Å². The number of carbonyl (C=O) groups excluding carboxylic acids is 1. The number of carbonyl (C=O) groups is 1. The van der Waals surface area contributed by atoms with Gasteiger partial charge in [0.05, 0.1) is 255 Å². The molecule has 30 nitrogen and oxygen atoms in total. The second-order valence-corrected chi connectivity index (χ2v) is 46.1. The van der Waals surface area contributed by atoms with Gasteiger partial charge in [-0.05, 0) is 328 Å². The molecule has 0 aromatic rings. The minimum atomic E-state index is -0.778. The summed E-state index contributed by atoms with van der Waals surface area (Å²) >= 11 is 0. The Morgan fingerprint density at radius 2 is 0.315 bits per heavy atom. The van der Waals surface area contributed by atoms with Gasteiger partial charge in [0.25, 0.3) is 0 Å². The largest absolute Gasteiger partial charge is 0.463 e. The van der Waals surface area contributed by atoms with E-state index in [9.17, 15) is 4.79 Å². The predicted molar refractivity (Wildman–Crippen MR) is 589 cm³/mol. The highest BCUT2D eigenvalue weighted by molar-refractivity contribution is 5.65. The molecule has 0 heterocycles. The van der Waals surface area contributed by atoms with Crippen LogP contribution >= 0.6 is 0 Å². The molecule has 0 aliphatic rings. The zero-order valence-corrected chi connectivity index (χ0v) is 102. The van der Waals surface area contributed by atoms with Crippen molar-refractivity contribution >= 4 is 5.97 Å². The normalized spacial score (nSPS) is 13.8. The molecule has 0 aromatic carbocycles. The van der Waals surface area contributed by atoms with Crippen molar-refractivity contribution < 1.29 is 145 Å². The maximum Gasteiger partial charge on any atom is 0.302 e. The fraction of sp³-hybridized carbons (Fsp3) is 0.938. The van der Waals surface area contributed by atoms with Gasteiger partial charge in [-0.2, -0.15) is 0 Å². The Morgan fingerprint density at radius 3 is 0.427 bits per heavy atom. The van der Waals surface area contributed by atoms with Crippen molar-refractivity contribution in [3.05, 3.63) is 0 Å². The Bertz CT molecular complexity index is 2380. The SMILES string of the molecule is C#CC(O)COC(C)(C)C.C#C[C@@H](O)COC(C)(C)C.C#C[C@H](O)COC(C)(C)C.CC(=O)OCCOC(C)(C)C.CCC(O)COC(C)(C)C.CCC(O)COC(C)(C)C.CCCOCCOCCOC(C)(C)C.CCCOCCOCCOC(C)(C)C.CCCOCCOCCOC(C)(C)C.CC[C@@H](O)COC(C)(C)C.CC[C@@H](O)COC(C)(C)C.CC[C@H](O)COC(C)(C)C.CC[C@H](O)COC(C)(C)C. The molecule has 0 saturated heterocycles. The molecule has 0 fully saturated rings. The van der Waals surface area contributed by atoms with Crippen molar-refractivity contribution in [3.8, 4) is 37.0 Å². The van der Waals surface area contributed by atoms with Gasteiger partial charge in [0.2, 0.25) is 0 Å². The molecule has 0 aliphatic carbocycles. The van der Waals surface area contributed by atoms with E-state index in [1.165, 1.54) is 6.92 Å². The van der Waals surface area contributed by atoms with Crippen LogP contribution in [0, 0.1) is 37.0 Å². The summed E-state index contributed by atoms with van der Waals surface area (Å²) in [5.74, 6) is 6.24. The lowest BCUT2D eigenvalue weighted by Crippen LogP contribution is -2.25. The van der Waals surface area contributed by atoms with Crippen molar-refractivity contribution in [2.75, 3.05) is 172 Å². The van der Waals surface area contributed by atoms with Gasteiger partial charge < -0.3 is 141 Å². The average Bonchev–Trinajstić information content (AvgIpc) is 0.978. The zero-order chi connectivity index (χ0) is 115. The van der Waals surface area contributed by atoms with Crippen molar-refractivity contribution in [3.63, 3.8) is 0 Å². The van der Waals surface area contributed by atoms with E-state index in [4.69, 9.17) is 155 Å². The molecule has 9 atom stereocenters. The number of ether oxygens (including phenoxy) is 20. The predicted octanol–water partition coefficient (Wildman–Crippen LogP) is 19.9. The van der Waals surface area contributed by atoms with Crippen molar-refractivity contribution in [1.82, 2.24) is 0 Å². The van der Waals surface area contributed by atoms with Crippen LogP contribution < -0.4 is 0 Å². The minimum Gasteiger partial charge on any atom is -0.463 e. The van der Waals surface area contributed by atoms with Crippen LogP contribution in [0.25, 0.3) is 0 Å². The summed E-state index contributed by atoms with van der Waals surface area (Å²) in [6.07, 6.45) is 18.3. The molecular formula is C113H238O30. The molecule has 0 spiro atoms. The second kappa shape index (κ2) is 99.7. The van der Waals surface area contributed by atoms with E-state index in [0.29, 0.717) is 132 Å². The fourth-order valence-corrected chi connectivity index (χ4v) is 7.07. The zero-order valence-electron chi connectivity index (χ0n) is 102. The highest BCUT2D eigenvalue weighted by Gasteiger charge is 2.21. The van der Waals surface area contributed by atoms with Crippen LogP contribution in [-0.2, 0) is 99.5 Å². The highest BCUT2D eigenvalue weighted by atomic mass is 16.6. The smallest absolute Gasteiger partial charge is 0.302 e. The maximum atomic E-state index is 10.3. The lowest BCUT2D eigenvalue weighted by atomic mass is 10.2. The van der Waals surface area contributed by atoms with Gasteiger partial charge in [0.1, 0.15) is 24.9 Å². The first-order valence-electron chi connectivity index (χ1n) is 52.1. The summed E-state index contributed by atoms with van der Waals surface area (Å²) in [4.78, 5) is 10.3. The van der Waals surface area contributed by atoms with E-state index in [0.717, 1.165) is 77.6 Å². The molecule has 143 heavy (non-hydrogen) atoms. The number of hydrogen-bond acceptors (Lipinski definition) is 30. The standard InChI is InChI=1S/3C11H24O3.C8H16O3.6C8H18O2.3C8H14O2/c3*1-5-6-12-7-8-13-9-10-14-11(2,3)4;1-7(9)10-5-6-11-8(2,3)4;9*1-5-7(9)6-10-8(2,3)4/h3*5-10H2,1-4H3;5-6H2,1-4H3;6*7,9H,5-6H2,1-4H3;3*1,7,9H,6H2,2-4H3/t;;;;4*7-;;;2*7-;/m....1100..10./s1. The van der Waals surface area contributed by atoms with Crippen LogP contribution in [-0.4, -0.2) is 351 Å². The van der Waals surface area contributed by atoms with Gasteiger partial charge in [-0.1, -0.05) is 80.1 Å². The Kier molecular flexibility index (Phi) is 117. The van der Waals surface area contributed by atoms with Crippen molar-refractivity contribution in [1.29, 1.82) is 0 Å².